The topological polar surface area (TPSA) is 120 Å². The highest BCUT2D eigenvalue weighted by atomic mass is 32.2. The van der Waals surface area contributed by atoms with Crippen LogP contribution in [0.4, 0.5) is 0 Å². The Morgan fingerprint density at radius 3 is 1.57 bits per heavy atom. The van der Waals surface area contributed by atoms with E-state index in [4.69, 9.17) is 4.98 Å². The van der Waals surface area contributed by atoms with Gasteiger partial charge in [-0.2, -0.15) is 0 Å². The second-order valence-corrected chi connectivity index (χ2v) is 15.2. The molecule has 0 spiro atoms. The summed E-state index contributed by atoms with van der Waals surface area (Å²) in [6.45, 7) is 0. The lowest BCUT2D eigenvalue weighted by Crippen LogP contribution is -2.41. The molecule has 0 unspecified atom stereocenters. The van der Waals surface area contributed by atoms with Gasteiger partial charge in [-0.15, -0.1) is 11.8 Å². The van der Waals surface area contributed by atoms with Gasteiger partial charge in [0.25, 0.3) is 0 Å². The number of sulfone groups is 2. The molecule has 0 aliphatic heterocycles. The molecule has 0 radical (unpaired) electrons. The zero-order valence-corrected chi connectivity index (χ0v) is 25.6. The first-order chi connectivity index (χ1) is 19.0. The summed E-state index contributed by atoms with van der Waals surface area (Å²) in [7, 11) is -7.25. The normalized spacial score (nSPS) is 21.1. The molecule has 208 valence electrons. The Morgan fingerprint density at radius 1 is 0.600 bits per heavy atom. The number of benzene rings is 2. The lowest BCUT2D eigenvalue weighted by molar-refractivity contribution is 0.217. The molecule has 0 saturated heterocycles. The fraction of sp³-hybridized carbons (Fsp3) is 0.286. The Bertz CT molecular complexity index is 1610. The summed E-state index contributed by atoms with van der Waals surface area (Å²) in [4.78, 5) is 18.0. The second kappa shape index (κ2) is 11.2. The van der Waals surface area contributed by atoms with Crippen molar-refractivity contribution < 1.29 is 16.8 Å². The monoisotopic (exact) mass is 612 g/mol. The van der Waals surface area contributed by atoms with Crippen LogP contribution in [0.5, 0.6) is 0 Å². The number of thioether (sulfide) groups is 2. The van der Waals surface area contributed by atoms with Crippen LogP contribution in [0.3, 0.4) is 0 Å². The summed E-state index contributed by atoms with van der Waals surface area (Å²) in [6.07, 6.45) is 5.92. The zero-order chi connectivity index (χ0) is 28.7. The number of hydrogen-bond donors (Lipinski definition) is 0. The fourth-order valence-corrected chi connectivity index (χ4v) is 7.44. The Kier molecular flexibility index (Phi) is 8.06. The van der Waals surface area contributed by atoms with Gasteiger partial charge in [-0.1, -0.05) is 72.4 Å². The van der Waals surface area contributed by atoms with Crippen molar-refractivity contribution in [2.45, 2.75) is 44.0 Å². The predicted molar refractivity (Wildman–Crippen MR) is 158 cm³/mol. The molecular formula is C28H28N4O4S4. The maximum atomic E-state index is 12.6. The minimum Gasteiger partial charge on any atom is -0.227 e. The highest BCUT2D eigenvalue weighted by molar-refractivity contribution is 7.98. The van der Waals surface area contributed by atoms with E-state index in [2.05, 4.69) is 15.0 Å². The van der Waals surface area contributed by atoms with E-state index in [1.807, 2.05) is 79.2 Å². The summed E-state index contributed by atoms with van der Waals surface area (Å²) in [5.41, 5.74) is 3.31. The molecule has 1 aliphatic carbocycles. The third-order valence-electron chi connectivity index (χ3n) is 7.11. The quantitative estimate of drug-likeness (QED) is 0.153. The molecule has 2 aromatic heterocycles. The minimum absolute atomic E-state index is 0.0185. The van der Waals surface area contributed by atoms with Crippen molar-refractivity contribution in [3.63, 3.8) is 0 Å². The second-order valence-electron chi connectivity index (χ2n) is 9.70. The van der Waals surface area contributed by atoms with E-state index in [1.54, 1.807) is 6.07 Å². The molecule has 1 fully saturated rings. The minimum atomic E-state index is -3.66. The maximum Gasteiger partial charge on any atom is 0.248 e. The first-order valence-corrected chi connectivity index (χ1v) is 18.6. The van der Waals surface area contributed by atoms with Crippen LogP contribution in [0, 0.1) is 0 Å². The van der Waals surface area contributed by atoms with Crippen LogP contribution in [0.25, 0.3) is 0 Å². The molecule has 12 heteroatoms. The van der Waals surface area contributed by atoms with Crippen LogP contribution in [0.1, 0.15) is 46.2 Å². The van der Waals surface area contributed by atoms with Gasteiger partial charge in [0.2, 0.25) is 15.0 Å². The third-order valence-corrected chi connectivity index (χ3v) is 10.1. The van der Waals surface area contributed by atoms with Crippen molar-refractivity contribution in [1.29, 1.82) is 0 Å². The van der Waals surface area contributed by atoms with Crippen molar-refractivity contribution in [3.8, 4) is 0 Å². The van der Waals surface area contributed by atoms with Crippen LogP contribution in [0.15, 0.2) is 93.2 Å². The van der Waals surface area contributed by atoms with Crippen LogP contribution in [-0.4, -0.2) is 61.8 Å². The number of nitrogens with zero attached hydrogens (tertiary/aromatic N) is 4. The van der Waals surface area contributed by atoms with Crippen LogP contribution in [0.2, 0.25) is 0 Å². The van der Waals surface area contributed by atoms with Gasteiger partial charge >= 0.3 is 0 Å². The summed E-state index contributed by atoms with van der Waals surface area (Å²) < 4.78 is 50.3. The van der Waals surface area contributed by atoms with E-state index in [0.717, 1.165) is 23.6 Å². The molecule has 0 amide bonds. The smallest absolute Gasteiger partial charge is 0.227 e. The molecule has 2 aromatic carbocycles. The first kappa shape index (κ1) is 28.7. The number of hydrogen-bond acceptors (Lipinski definition) is 10. The zero-order valence-electron chi connectivity index (χ0n) is 22.3. The molecule has 0 bridgehead atoms. The summed E-state index contributed by atoms with van der Waals surface area (Å²) >= 11 is 2.65. The molecular weight excluding hydrogens is 585 g/mol. The van der Waals surface area contributed by atoms with Crippen LogP contribution >= 0.6 is 23.5 Å². The Balaban J connectivity index is 1.78. The highest BCUT2D eigenvalue weighted by Gasteiger charge is 2.54. The molecule has 2 heterocycles. The Morgan fingerprint density at radius 2 is 1.12 bits per heavy atom. The third kappa shape index (κ3) is 5.67. The van der Waals surface area contributed by atoms with Crippen molar-refractivity contribution in [1.82, 2.24) is 19.9 Å². The molecule has 5 rings (SSSR count). The van der Waals surface area contributed by atoms with Crippen LogP contribution < -0.4 is 0 Å². The van der Waals surface area contributed by atoms with Crippen molar-refractivity contribution >= 4 is 43.2 Å². The molecule has 1 saturated carbocycles. The van der Waals surface area contributed by atoms with E-state index in [9.17, 15) is 16.8 Å². The average molecular weight is 613 g/mol. The van der Waals surface area contributed by atoms with E-state index in [1.165, 1.54) is 23.5 Å². The molecule has 40 heavy (non-hydrogen) atoms. The Labute approximate surface area is 243 Å². The lowest BCUT2D eigenvalue weighted by Gasteiger charge is -2.52. The van der Waals surface area contributed by atoms with Gasteiger partial charge in [-0.25, -0.2) is 36.8 Å². The number of aromatic nitrogens is 4. The number of rotatable bonds is 8. The standard InChI is InChI=1S/C28H28N4O4S4/c1-37-21-15-19(30-28(31-21)40(4,35)36)25-23(17-11-7-5-8-12-17)26(24(25)18-13-9-6-10-14-18)20-16-22(39(3,33)34)32-27(29-20)38-2/h5-16,23-26H,1-4H3/t23-,24-,25-,26+/m0/s1. The van der Waals surface area contributed by atoms with Gasteiger partial charge in [0, 0.05) is 36.2 Å². The largest absolute Gasteiger partial charge is 0.248 e. The van der Waals surface area contributed by atoms with Gasteiger partial charge in [-0.05, 0) is 35.8 Å². The van der Waals surface area contributed by atoms with Gasteiger partial charge in [-0.3, -0.25) is 0 Å². The van der Waals surface area contributed by atoms with Crippen LogP contribution in [-0.2, 0) is 19.7 Å². The van der Waals surface area contributed by atoms with E-state index in [-0.39, 0.29) is 33.9 Å². The van der Waals surface area contributed by atoms with Gasteiger partial charge in [0.05, 0.1) is 11.4 Å². The molecule has 1 aliphatic rings. The van der Waals surface area contributed by atoms with Gasteiger partial charge in [0.15, 0.2) is 20.0 Å². The van der Waals surface area contributed by atoms with Crippen molar-refractivity contribution in [2.75, 3.05) is 25.0 Å². The van der Waals surface area contributed by atoms with Gasteiger partial charge in [0.1, 0.15) is 5.03 Å². The van der Waals surface area contributed by atoms with E-state index in [0.29, 0.717) is 21.6 Å². The fourth-order valence-electron chi connectivity index (χ4n) is 5.40. The maximum absolute atomic E-state index is 12.6. The summed E-state index contributed by atoms with van der Waals surface area (Å²) in [6, 6.07) is 23.3. The van der Waals surface area contributed by atoms with Crippen molar-refractivity contribution in [3.05, 3.63) is 95.3 Å². The molecule has 0 N–H and O–H groups in total. The van der Waals surface area contributed by atoms with E-state index >= 15 is 0 Å². The lowest BCUT2D eigenvalue weighted by atomic mass is 9.50. The Hall–Kier alpha value is -2.80. The van der Waals surface area contributed by atoms with Crippen molar-refractivity contribution in [2.24, 2.45) is 0 Å². The predicted octanol–water partition coefficient (Wildman–Crippen LogP) is 4.97. The molecule has 2 atom stereocenters. The SMILES string of the molecule is CSc1cc([C@H]2[C@H](c3ccccc3)[C@@H](c3cc(S(C)(=O)=O)nc(SC)n3)[C@H]2c2ccccc2)nc(S(C)(=O)=O)n1. The summed E-state index contributed by atoms with van der Waals surface area (Å²) in [5.74, 6) is -0.780. The molecule has 4 aromatic rings. The summed E-state index contributed by atoms with van der Waals surface area (Å²) in [5, 5.41) is 0.724. The van der Waals surface area contributed by atoms with Gasteiger partial charge < -0.3 is 0 Å². The first-order valence-electron chi connectivity index (χ1n) is 12.4. The average Bonchev–Trinajstić information content (AvgIpc) is 2.92. The van der Waals surface area contributed by atoms with E-state index < -0.39 is 19.7 Å². The molecule has 8 nitrogen and oxygen atoms in total. The highest BCUT2D eigenvalue weighted by Crippen LogP contribution is 2.66.